The molecule has 1 saturated carbocycles. The van der Waals surface area contributed by atoms with Gasteiger partial charge < -0.3 is 9.55 Å². The summed E-state index contributed by atoms with van der Waals surface area (Å²) >= 11 is 11.2. The maximum absolute atomic E-state index is 13.7. The molecule has 0 saturated heterocycles. The van der Waals surface area contributed by atoms with E-state index in [-0.39, 0.29) is 15.9 Å². The Labute approximate surface area is 127 Å². The number of aromatic nitrogens is 2. The van der Waals surface area contributed by atoms with Crippen molar-refractivity contribution < 1.29 is 4.39 Å². The highest BCUT2D eigenvalue weighted by Crippen LogP contribution is 2.68. The highest BCUT2D eigenvalue weighted by molar-refractivity contribution is 7.71. The molecule has 1 heterocycles. The number of imidazole rings is 1. The van der Waals surface area contributed by atoms with Crippen LogP contribution in [0.5, 0.6) is 0 Å². The summed E-state index contributed by atoms with van der Waals surface area (Å²) < 4.78 is 16.3. The van der Waals surface area contributed by atoms with E-state index in [0.29, 0.717) is 10.7 Å². The van der Waals surface area contributed by atoms with Gasteiger partial charge in [-0.05, 0) is 35.0 Å². The third-order valence-corrected chi connectivity index (χ3v) is 6.11. The van der Waals surface area contributed by atoms with Gasteiger partial charge in [-0.1, -0.05) is 39.3 Å². The molecule has 2 aromatic rings. The molecule has 0 atom stereocenters. The summed E-state index contributed by atoms with van der Waals surface area (Å²) in [6, 6.07) is 3.06. The third-order valence-electron chi connectivity index (χ3n) is 5.50. The zero-order chi connectivity index (χ0) is 14.9. The van der Waals surface area contributed by atoms with E-state index in [1.54, 1.807) is 6.07 Å². The minimum atomic E-state index is -0.406. The van der Waals surface area contributed by atoms with Crippen molar-refractivity contribution in [1.82, 2.24) is 9.55 Å². The SMILES string of the molecule is CC1(C)C(Cn2c(=S)[nH]c3cc(Cl)c(F)cc32)C1(C)C. The van der Waals surface area contributed by atoms with Crippen molar-refractivity contribution in [1.29, 1.82) is 0 Å². The number of nitrogens with one attached hydrogen (secondary N) is 1. The summed E-state index contributed by atoms with van der Waals surface area (Å²) in [6.45, 7) is 9.89. The van der Waals surface area contributed by atoms with Crippen LogP contribution in [0.15, 0.2) is 12.1 Å². The first kappa shape index (κ1) is 14.1. The molecule has 1 N–H and O–H groups in total. The van der Waals surface area contributed by atoms with Gasteiger partial charge in [0.05, 0.1) is 16.1 Å². The molecule has 0 aliphatic heterocycles. The van der Waals surface area contributed by atoms with Gasteiger partial charge in [0, 0.05) is 12.6 Å². The summed E-state index contributed by atoms with van der Waals surface area (Å²) in [5.41, 5.74) is 2.13. The molecule has 1 fully saturated rings. The van der Waals surface area contributed by atoms with Crippen molar-refractivity contribution in [3.05, 3.63) is 27.7 Å². The number of hydrogen-bond acceptors (Lipinski definition) is 1. The standard InChI is InChI=1S/C15H18ClFN2S/c1-14(2)12(15(14,3)4)7-19-11-6-9(17)8(16)5-10(11)18-13(19)20/h5-6,12H,7H2,1-4H3,(H,18,20). The van der Waals surface area contributed by atoms with Crippen LogP contribution in [-0.4, -0.2) is 9.55 Å². The lowest BCUT2D eigenvalue weighted by molar-refractivity contribution is 0.457. The fourth-order valence-electron chi connectivity index (χ4n) is 3.31. The van der Waals surface area contributed by atoms with Crippen LogP contribution >= 0.6 is 23.8 Å². The molecular formula is C15H18ClFN2S. The van der Waals surface area contributed by atoms with Crippen molar-refractivity contribution >= 4 is 34.9 Å². The van der Waals surface area contributed by atoms with E-state index in [1.807, 2.05) is 4.57 Å². The minimum absolute atomic E-state index is 0.119. The molecule has 0 amide bonds. The third kappa shape index (κ3) is 1.77. The van der Waals surface area contributed by atoms with E-state index < -0.39 is 5.82 Å². The van der Waals surface area contributed by atoms with Gasteiger partial charge in [-0.2, -0.15) is 0 Å². The van der Waals surface area contributed by atoms with Crippen LogP contribution in [0, 0.1) is 27.3 Å². The average molecular weight is 313 g/mol. The van der Waals surface area contributed by atoms with Crippen LogP contribution in [0.4, 0.5) is 4.39 Å². The normalized spacial score (nSPS) is 20.5. The monoisotopic (exact) mass is 312 g/mol. The summed E-state index contributed by atoms with van der Waals surface area (Å²) in [6.07, 6.45) is 0. The maximum atomic E-state index is 13.7. The summed E-state index contributed by atoms with van der Waals surface area (Å²) in [7, 11) is 0. The first-order valence-corrected chi connectivity index (χ1v) is 7.52. The first-order chi connectivity index (χ1) is 9.16. The Morgan fingerprint density at radius 3 is 2.45 bits per heavy atom. The van der Waals surface area contributed by atoms with Gasteiger partial charge >= 0.3 is 0 Å². The van der Waals surface area contributed by atoms with Crippen molar-refractivity contribution in [3.63, 3.8) is 0 Å². The zero-order valence-corrected chi connectivity index (χ0v) is 13.6. The molecule has 1 aromatic heterocycles. The number of hydrogen-bond donors (Lipinski definition) is 1. The fourth-order valence-corrected chi connectivity index (χ4v) is 3.75. The van der Waals surface area contributed by atoms with Crippen molar-refractivity contribution in [2.75, 3.05) is 0 Å². The highest BCUT2D eigenvalue weighted by Gasteiger charge is 2.64. The van der Waals surface area contributed by atoms with E-state index >= 15 is 0 Å². The smallest absolute Gasteiger partial charge is 0.178 e. The summed E-state index contributed by atoms with van der Waals surface area (Å²) in [4.78, 5) is 3.11. The molecule has 1 aliphatic rings. The van der Waals surface area contributed by atoms with E-state index in [2.05, 4.69) is 32.7 Å². The Morgan fingerprint density at radius 2 is 1.90 bits per heavy atom. The van der Waals surface area contributed by atoms with Crippen LogP contribution in [0.25, 0.3) is 11.0 Å². The van der Waals surface area contributed by atoms with Gasteiger partial charge in [0.2, 0.25) is 0 Å². The van der Waals surface area contributed by atoms with Crippen molar-refractivity contribution in [2.45, 2.75) is 34.2 Å². The molecule has 3 rings (SSSR count). The molecular weight excluding hydrogens is 295 g/mol. The predicted molar refractivity (Wildman–Crippen MR) is 83.1 cm³/mol. The molecule has 1 aliphatic carbocycles. The van der Waals surface area contributed by atoms with E-state index in [9.17, 15) is 4.39 Å². The lowest BCUT2D eigenvalue weighted by Crippen LogP contribution is -2.04. The Kier molecular flexibility index (Phi) is 2.87. The van der Waals surface area contributed by atoms with Crippen LogP contribution in [0.1, 0.15) is 27.7 Å². The van der Waals surface area contributed by atoms with Gasteiger partial charge in [0.25, 0.3) is 0 Å². The Hall–Kier alpha value is -0.870. The number of halogens is 2. The van der Waals surface area contributed by atoms with Crippen molar-refractivity contribution in [3.8, 4) is 0 Å². The quantitative estimate of drug-likeness (QED) is 0.758. The number of nitrogens with zero attached hydrogens (tertiary/aromatic N) is 1. The summed E-state index contributed by atoms with van der Waals surface area (Å²) in [5.74, 6) is 0.121. The molecule has 108 valence electrons. The molecule has 2 nitrogen and oxygen atoms in total. The lowest BCUT2D eigenvalue weighted by Gasteiger charge is -2.06. The second-order valence-electron chi connectivity index (χ2n) is 6.82. The van der Waals surface area contributed by atoms with Crippen LogP contribution in [0.2, 0.25) is 5.02 Å². The molecule has 0 radical (unpaired) electrons. The largest absolute Gasteiger partial charge is 0.331 e. The van der Waals surface area contributed by atoms with E-state index in [1.165, 1.54) is 6.07 Å². The molecule has 5 heteroatoms. The number of benzene rings is 1. The Balaban J connectivity index is 2.07. The second-order valence-corrected chi connectivity index (χ2v) is 7.61. The number of rotatable bonds is 2. The predicted octanol–water partition coefficient (Wildman–Crippen LogP) is 5.17. The van der Waals surface area contributed by atoms with Gasteiger partial charge in [-0.25, -0.2) is 4.39 Å². The number of aromatic amines is 1. The van der Waals surface area contributed by atoms with Crippen LogP contribution < -0.4 is 0 Å². The second kappa shape index (κ2) is 4.08. The van der Waals surface area contributed by atoms with Gasteiger partial charge in [-0.15, -0.1) is 0 Å². The van der Waals surface area contributed by atoms with Gasteiger partial charge in [-0.3, -0.25) is 0 Å². The Bertz CT molecular complexity index is 743. The fraction of sp³-hybridized carbons (Fsp3) is 0.533. The van der Waals surface area contributed by atoms with Crippen molar-refractivity contribution in [2.24, 2.45) is 16.7 Å². The average Bonchev–Trinajstić information content (AvgIpc) is 2.60. The van der Waals surface area contributed by atoms with E-state index in [4.69, 9.17) is 23.8 Å². The summed E-state index contributed by atoms with van der Waals surface area (Å²) in [5, 5.41) is 0.119. The van der Waals surface area contributed by atoms with E-state index in [0.717, 1.165) is 17.6 Å². The first-order valence-electron chi connectivity index (χ1n) is 6.74. The molecule has 0 bridgehead atoms. The maximum Gasteiger partial charge on any atom is 0.178 e. The topological polar surface area (TPSA) is 20.7 Å². The molecule has 1 aromatic carbocycles. The van der Waals surface area contributed by atoms with Gasteiger partial charge in [0.1, 0.15) is 5.82 Å². The minimum Gasteiger partial charge on any atom is -0.331 e. The lowest BCUT2D eigenvalue weighted by atomic mass is 10.0. The molecule has 0 spiro atoms. The zero-order valence-electron chi connectivity index (χ0n) is 12.1. The number of fused-ring (bicyclic) bond motifs is 1. The van der Waals surface area contributed by atoms with Crippen LogP contribution in [0.3, 0.4) is 0 Å². The molecule has 0 unspecified atom stereocenters. The number of H-pyrrole nitrogens is 1. The van der Waals surface area contributed by atoms with Crippen LogP contribution in [-0.2, 0) is 6.54 Å². The molecule has 20 heavy (non-hydrogen) atoms. The highest BCUT2D eigenvalue weighted by atomic mass is 35.5. The van der Waals surface area contributed by atoms with Gasteiger partial charge in [0.15, 0.2) is 4.77 Å². The Morgan fingerprint density at radius 1 is 1.30 bits per heavy atom.